The van der Waals surface area contributed by atoms with Crippen molar-refractivity contribution in [3.63, 3.8) is 0 Å². The molecule has 4 aliphatic rings. The Bertz CT molecular complexity index is 1120. The summed E-state index contributed by atoms with van der Waals surface area (Å²) < 4.78 is 5.65. The van der Waals surface area contributed by atoms with Crippen LogP contribution in [0.3, 0.4) is 0 Å². The Kier molecular flexibility index (Phi) is 7.88. The summed E-state index contributed by atoms with van der Waals surface area (Å²) in [6.45, 7) is 6.82. The molecule has 4 fully saturated rings. The van der Waals surface area contributed by atoms with Gasteiger partial charge >= 0.3 is 0 Å². The number of nitrogens with zero attached hydrogens (tertiary/aromatic N) is 6. The second-order valence-corrected chi connectivity index (χ2v) is 10.9. The molecule has 1 aliphatic carbocycles. The Hall–Kier alpha value is -3.14. The number of piperazine rings is 1. The molecule has 2 amide bonds. The topological polar surface area (TPSA) is 145 Å². The lowest BCUT2D eigenvalue weighted by Crippen LogP contribution is -2.47. The highest BCUT2D eigenvalue weighted by Gasteiger charge is 2.53. The van der Waals surface area contributed by atoms with E-state index in [1.54, 1.807) is 11.0 Å². The van der Waals surface area contributed by atoms with Crippen molar-refractivity contribution in [1.29, 1.82) is 0 Å². The number of ketones is 1. The number of rotatable bonds is 7. The van der Waals surface area contributed by atoms with Gasteiger partial charge in [-0.1, -0.05) is 31.3 Å². The number of Topliss-reactive ketones (excluding diaryl/α,β-unsaturated/α-hetero) is 1. The number of carbonyl (C=O) groups is 3. The third kappa shape index (κ3) is 4.98. The van der Waals surface area contributed by atoms with Gasteiger partial charge in [0.05, 0.1) is 18.1 Å². The van der Waals surface area contributed by atoms with E-state index in [0.717, 1.165) is 70.5 Å². The lowest BCUT2D eigenvalue weighted by Gasteiger charge is -2.37. The maximum Gasteiger partial charge on any atom is 0.249 e. The van der Waals surface area contributed by atoms with E-state index in [0.29, 0.717) is 11.1 Å². The van der Waals surface area contributed by atoms with E-state index in [9.17, 15) is 14.4 Å². The lowest BCUT2D eigenvalue weighted by atomic mass is 9.74. The van der Waals surface area contributed by atoms with Crippen LogP contribution in [0.2, 0.25) is 0 Å². The summed E-state index contributed by atoms with van der Waals surface area (Å²) in [6.07, 6.45) is 4.22. The SMILES string of the molecule is CCN1CCN(c2ccc(C(N)=O)c([C@@H](C(=O)N3C[C@@H](N=[N+]=[N-])[C@H]4OCC(=O)[C@H]43)C3CCCCC3)c2)CC1. The first-order valence-corrected chi connectivity index (χ1v) is 13.8. The fourth-order valence-electron chi connectivity index (χ4n) is 6.81. The van der Waals surface area contributed by atoms with E-state index in [1.165, 1.54) is 0 Å². The largest absolute Gasteiger partial charge is 0.369 e. The Morgan fingerprint density at radius 2 is 1.92 bits per heavy atom. The van der Waals surface area contributed by atoms with Gasteiger partial charge < -0.3 is 25.2 Å². The van der Waals surface area contributed by atoms with Gasteiger partial charge in [0.15, 0.2) is 5.78 Å². The van der Waals surface area contributed by atoms with Gasteiger partial charge in [-0.3, -0.25) is 14.4 Å². The Labute approximate surface area is 222 Å². The molecular formula is C27H37N7O4. The summed E-state index contributed by atoms with van der Waals surface area (Å²) in [5, 5.41) is 3.84. The zero-order chi connectivity index (χ0) is 26.8. The van der Waals surface area contributed by atoms with Crippen LogP contribution in [0.25, 0.3) is 10.4 Å². The molecular weight excluding hydrogens is 486 g/mol. The molecule has 0 unspecified atom stereocenters. The number of anilines is 1. The number of hydrogen-bond donors (Lipinski definition) is 1. The molecule has 11 heteroatoms. The van der Waals surface area contributed by atoms with Crippen LogP contribution in [-0.2, 0) is 14.3 Å². The average molecular weight is 524 g/mol. The van der Waals surface area contributed by atoms with E-state index in [1.807, 2.05) is 12.1 Å². The van der Waals surface area contributed by atoms with Crippen molar-refractivity contribution < 1.29 is 19.1 Å². The normalized spacial score (nSPS) is 27.2. The first kappa shape index (κ1) is 26.5. The molecule has 5 rings (SSSR count). The Morgan fingerprint density at radius 1 is 1.18 bits per heavy atom. The molecule has 0 radical (unpaired) electrons. The van der Waals surface area contributed by atoms with Crippen LogP contribution in [0, 0.1) is 5.92 Å². The van der Waals surface area contributed by atoms with Crippen LogP contribution in [0.1, 0.15) is 60.9 Å². The number of ether oxygens (including phenoxy) is 1. The summed E-state index contributed by atoms with van der Waals surface area (Å²) >= 11 is 0. The highest BCUT2D eigenvalue weighted by molar-refractivity contribution is 5.99. The van der Waals surface area contributed by atoms with Crippen LogP contribution in [-0.4, -0.2) is 91.5 Å². The molecule has 0 spiro atoms. The minimum atomic E-state index is -0.772. The quantitative estimate of drug-likeness (QED) is 0.330. The number of hydrogen-bond acceptors (Lipinski definition) is 7. The lowest BCUT2D eigenvalue weighted by molar-refractivity contribution is -0.139. The highest BCUT2D eigenvalue weighted by atomic mass is 16.5. The molecule has 2 N–H and O–H groups in total. The van der Waals surface area contributed by atoms with Crippen molar-refractivity contribution in [2.45, 2.75) is 63.1 Å². The van der Waals surface area contributed by atoms with Crippen molar-refractivity contribution in [1.82, 2.24) is 9.80 Å². The monoisotopic (exact) mass is 523 g/mol. The average Bonchev–Trinajstić information content (AvgIpc) is 3.50. The number of fused-ring (bicyclic) bond motifs is 1. The summed E-state index contributed by atoms with van der Waals surface area (Å²) in [6, 6.07) is 4.26. The summed E-state index contributed by atoms with van der Waals surface area (Å²) in [4.78, 5) is 49.1. The van der Waals surface area contributed by atoms with Crippen LogP contribution >= 0.6 is 0 Å². The smallest absolute Gasteiger partial charge is 0.249 e. The van der Waals surface area contributed by atoms with Gasteiger partial charge in [-0.25, -0.2) is 0 Å². The molecule has 1 aromatic carbocycles. The van der Waals surface area contributed by atoms with Gasteiger partial charge in [-0.05, 0) is 54.6 Å². The summed E-state index contributed by atoms with van der Waals surface area (Å²) in [5.74, 6) is -1.55. The maximum atomic E-state index is 14.4. The first-order chi connectivity index (χ1) is 18.4. The molecule has 0 bridgehead atoms. The Balaban J connectivity index is 1.54. The highest BCUT2D eigenvalue weighted by Crippen LogP contribution is 2.42. The number of benzene rings is 1. The van der Waals surface area contributed by atoms with Crippen molar-refractivity contribution >= 4 is 23.3 Å². The zero-order valence-electron chi connectivity index (χ0n) is 22.0. The number of likely N-dealkylation sites (N-methyl/N-ethyl adjacent to an activating group) is 1. The van der Waals surface area contributed by atoms with Gasteiger partial charge in [0.2, 0.25) is 11.8 Å². The Morgan fingerprint density at radius 3 is 2.58 bits per heavy atom. The van der Waals surface area contributed by atoms with Gasteiger partial charge in [0, 0.05) is 48.9 Å². The predicted molar refractivity (Wildman–Crippen MR) is 142 cm³/mol. The zero-order valence-corrected chi connectivity index (χ0v) is 22.0. The number of amides is 2. The van der Waals surface area contributed by atoms with E-state index in [4.69, 9.17) is 16.0 Å². The number of azide groups is 1. The molecule has 3 aliphatic heterocycles. The number of nitrogens with two attached hydrogens (primary N) is 1. The van der Waals surface area contributed by atoms with Gasteiger partial charge in [-0.15, -0.1) is 0 Å². The predicted octanol–water partition coefficient (Wildman–Crippen LogP) is 2.45. The molecule has 38 heavy (non-hydrogen) atoms. The van der Waals surface area contributed by atoms with Crippen molar-refractivity contribution in [3.8, 4) is 0 Å². The molecule has 1 aromatic rings. The van der Waals surface area contributed by atoms with E-state index >= 15 is 0 Å². The summed E-state index contributed by atoms with van der Waals surface area (Å²) in [5.41, 5.74) is 16.9. The minimum Gasteiger partial charge on any atom is -0.369 e. The van der Waals surface area contributed by atoms with E-state index < -0.39 is 30.0 Å². The maximum absolute atomic E-state index is 14.4. The number of primary amides is 1. The van der Waals surface area contributed by atoms with Crippen LogP contribution in [0.15, 0.2) is 23.3 Å². The molecule has 3 heterocycles. The van der Waals surface area contributed by atoms with Crippen molar-refractivity contribution in [2.75, 3.05) is 50.8 Å². The second kappa shape index (κ2) is 11.3. The molecule has 3 saturated heterocycles. The van der Waals surface area contributed by atoms with Gasteiger partial charge in [0.1, 0.15) is 12.6 Å². The number of likely N-dealkylation sites (tertiary alicyclic amines) is 1. The van der Waals surface area contributed by atoms with E-state index in [2.05, 4.69) is 26.7 Å². The standard InChI is InChI=1S/C27H37N7O4/c1-2-32-10-12-33(13-11-32)18-8-9-19(26(28)36)20(14-18)23(17-6-4-3-5-7-17)27(37)34-15-21(30-31-29)25-24(34)22(35)16-38-25/h8-9,14,17,21,23-25H,2-7,10-13,15-16H2,1H3,(H2,28,36)/t21-,23+,24-,25-/m1/s1. The van der Waals surface area contributed by atoms with Crippen molar-refractivity contribution in [3.05, 3.63) is 39.8 Å². The van der Waals surface area contributed by atoms with Crippen LogP contribution < -0.4 is 10.6 Å². The van der Waals surface area contributed by atoms with Gasteiger partial charge in [-0.2, -0.15) is 0 Å². The molecule has 1 saturated carbocycles. The molecule has 4 atom stereocenters. The fourth-order valence-corrected chi connectivity index (χ4v) is 6.81. The third-order valence-corrected chi connectivity index (χ3v) is 8.85. The number of carbonyl (C=O) groups excluding carboxylic acids is 3. The molecule has 0 aromatic heterocycles. The van der Waals surface area contributed by atoms with Crippen LogP contribution in [0.5, 0.6) is 0 Å². The summed E-state index contributed by atoms with van der Waals surface area (Å²) in [7, 11) is 0. The van der Waals surface area contributed by atoms with Gasteiger partial charge in [0.25, 0.3) is 0 Å². The van der Waals surface area contributed by atoms with Crippen LogP contribution in [0.4, 0.5) is 5.69 Å². The van der Waals surface area contributed by atoms with E-state index in [-0.39, 0.29) is 30.8 Å². The first-order valence-electron chi connectivity index (χ1n) is 13.8. The van der Waals surface area contributed by atoms with Crippen molar-refractivity contribution in [2.24, 2.45) is 16.8 Å². The minimum absolute atomic E-state index is 0.0240. The molecule has 11 nitrogen and oxygen atoms in total. The third-order valence-electron chi connectivity index (χ3n) is 8.85. The second-order valence-electron chi connectivity index (χ2n) is 10.9. The fraction of sp³-hybridized carbons (Fsp3) is 0.667. The molecule has 204 valence electrons.